The first-order valence-corrected chi connectivity index (χ1v) is 3.27. The predicted octanol–water partition coefficient (Wildman–Crippen LogP) is -5.80. The van der Waals surface area contributed by atoms with Crippen molar-refractivity contribution in [1.29, 1.82) is 0 Å². The fourth-order valence-corrected chi connectivity index (χ4v) is 1.22. The molecule has 0 aromatic heterocycles. The smallest absolute Gasteiger partial charge is 0.859 e. The molecule has 9 heavy (non-hydrogen) atoms. The zero-order chi connectivity index (χ0) is 5.86. The van der Waals surface area contributed by atoms with E-state index in [2.05, 4.69) is 37.1 Å². The fourth-order valence-electron chi connectivity index (χ4n) is 0.0680. The first kappa shape index (κ1) is 17.6. The van der Waals surface area contributed by atoms with Crippen molar-refractivity contribution in [2.24, 2.45) is 0 Å². The molecule has 0 spiro atoms. The summed E-state index contributed by atoms with van der Waals surface area (Å²) >= 11 is 13.6. The third-order valence-electron chi connectivity index (χ3n) is 0.167. The minimum Gasteiger partial charge on any atom is -0.859 e. The molecular formula is C2Na2OS4. The SMILES string of the molecule is [Na+].[Na+].[O-]C(=S)SC(=S)[S-]. The minimum atomic E-state index is -0.458. The van der Waals surface area contributed by atoms with E-state index in [1.807, 2.05) is 0 Å². The first-order valence-electron chi connectivity index (χ1n) is 1.22. The fraction of sp³-hybridized carbons (Fsp3) is 0. The number of hydrogen-bond acceptors (Lipinski definition) is 5. The second-order valence-electron chi connectivity index (χ2n) is 0.602. The Bertz CT molecular complexity index is 92.7. The molecule has 0 aromatic rings. The molecule has 0 bridgehead atoms. The predicted molar refractivity (Wildman–Crippen MR) is 40.2 cm³/mol. The van der Waals surface area contributed by atoms with E-state index in [9.17, 15) is 5.11 Å². The Morgan fingerprint density at radius 2 is 1.67 bits per heavy atom. The van der Waals surface area contributed by atoms with Crippen LogP contribution < -0.4 is 64.2 Å². The van der Waals surface area contributed by atoms with Crippen LogP contribution in [0.5, 0.6) is 0 Å². The van der Waals surface area contributed by atoms with Gasteiger partial charge in [-0.05, 0) is 4.38 Å². The van der Waals surface area contributed by atoms with Gasteiger partial charge < -0.3 is 30.0 Å². The second kappa shape index (κ2) is 10.6. The van der Waals surface area contributed by atoms with Crippen LogP contribution in [0.15, 0.2) is 0 Å². The van der Waals surface area contributed by atoms with Gasteiger partial charge in [0.1, 0.15) is 0 Å². The molecule has 0 aliphatic carbocycles. The van der Waals surface area contributed by atoms with Gasteiger partial charge in [0.25, 0.3) is 0 Å². The molecule has 0 unspecified atom stereocenters. The summed E-state index contributed by atoms with van der Waals surface area (Å²) in [7, 11) is 0. The third kappa shape index (κ3) is 18.0. The molecule has 0 rings (SSSR count). The quantitative estimate of drug-likeness (QED) is 0.227. The standard InChI is InChI=1S/C2H2OS4.2Na/c3-1(4)7-2(5)6;;/h(H,3,4)(H,5,6);;/q;2*+1/p-2. The number of rotatable bonds is 0. The Morgan fingerprint density at radius 3 is 1.67 bits per heavy atom. The molecule has 1 nitrogen and oxygen atoms in total. The maximum atomic E-state index is 9.88. The van der Waals surface area contributed by atoms with Crippen molar-refractivity contribution in [3.05, 3.63) is 0 Å². The molecule has 0 aliphatic heterocycles. The summed E-state index contributed by atoms with van der Waals surface area (Å²) in [4.78, 5) is 0. The van der Waals surface area contributed by atoms with E-state index in [-0.39, 0.29) is 62.6 Å². The number of thioether (sulfide) groups is 1. The number of hydrogen-bond donors (Lipinski definition) is 0. The van der Waals surface area contributed by atoms with E-state index < -0.39 is 4.38 Å². The average Bonchev–Trinajstić information content (AvgIpc) is 1.27. The van der Waals surface area contributed by atoms with E-state index in [1.165, 1.54) is 0 Å². The van der Waals surface area contributed by atoms with Gasteiger partial charge in [-0.3, -0.25) is 0 Å². The average molecular weight is 214 g/mol. The molecular weight excluding hydrogens is 214 g/mol. The van der Waals surface area contributed by atoms with Crippen LogP contribution >= 0.6 is 36.2 Å². The van der Waals surface area contributed by atoms with E-state index in [0.29, 0.717) is 0 Å². The van der Waals surface area contributed by atoms with Gasteiger partial charge in [-0.1, -0.05) is 15.7 Å². The van der Waals surface area contributed by atoms with Crippen molar-refractivity contribution in [2.75, 3.05) is 0 Å². The summed E-state index contributed by atoms with van der Waals surface area (Å²) in [5, 5.41) is 9.88. The van der Waals surface area contributed by atoms with Gasteiger partial charge in [-0.2, -0.15) is 0 Å². The van der Waals surface area contributed by atoms with Crippen LogP contribution in [0, 0.1) is 0 Å². The Labute approximate surface area is 119 Å². The van der Waals surface area contributed by atoms with Crippen molar-refractivity contribution < 1.29 is 64.2 Å². The van der Waals surface area contributed by atoms with E-state index in [1.54, 1.807) is 0 Å². The van der Waals surface area contributed by atoms with Gasteiger partial charge in [0.2, 0.25) is 0 Å². The van der Waals surface area contributed by atoms with Gasteiger partial charge in [0, 0.05) is 0 Å². The maximum absolute atomic E-state index is 9.88. The van der Waals surface area contributed by atoms with Crippen LogP contribution in [-0.4, -0.2) is 7.91 Å². The molecule has 0 saturated heterocycles. The minimum absolute atomic E-state index is 0. The molecule has 0 saturated carbocycles. The van der Waals surface area contributed by atoms with E-state index in [4.69, 9.17) is 0 Å². The van der Waals surface area contributed by atoms with Crippen molar-refractivity contribution in [2.45, 2.75) is 0 Å². The Kier molecular flexibility index (Phi) is 20.6. The van der Waals surface area contributed by atoms with Crippen LogP contribution in [0.1, 0.15) is 0 Å². The van der Waals surface area contributed by atoms with Crippen LogP contribution in [-0.2, 0) is 12.6 Å². The van der Waals surface area contributed by atoms with E-state index >= 15 is 0 Å². The van der Waals surface area contributed by atoms with Gasteiger partial charge in [0.05, 0.1) is 0 Å². The van der Waals surface area contributed by atoms with Crippen molar-refractivity contribution in [3.63, 3.8) is 0 Å². The van der Waals surface area contributed by atoms with Crippen LogP contribution in [0.4, 0.5) is 0 Å². The molecule has 0 fully saturated rings. The summed E-state index contributed by atoms with van der Waals surface area (Å²) in [6, 6.07) is 0. The first-order chi connectivity index (χ1) is 3.13. The summed E-state index contributed by atoms with van der Waals surface area (Å²) < 4.78 is -0.292. The largest absolute Gasteiger partial charge is 1.00 e. The van der Waals surface area contributed by atoms with Gasteiger partial charge in [-0.15, -0.1) is 11.8 Å². The zero-order valence-electron chi connectivity index (χ0n) is 5.04. The summed E-state index contributed by atoms with van der Waals surface area (Å²) in [6.07, 6.45) is 0. The van der Waals surface area contributed by atoms with Crippen molar-refractivity contribution in [3.8, 4) is 0 Å². The van der Waals surface area contributed by atoms with Crippen LogP contribution in [0.2, 0.25) is 0 Å². The Morgan fingerprint density at radius 1 is 1.33 bits per heavy atom. The summed E-state index contributed by atoms with van der Waals surface area (Å²) in [6.45, 7) is 0. The monoisotopic (exact) mass is 214 g/mol. The zero-order valence-corrected chi connectivity index (χ0v) is 12.3. The van der Waals surface area contributed by atoms with Gasteiger partial charge >= 0.3 is 59.1 Å². The van der Waals surface area contributed by atoms with Crippen LogP contribution in [0.25, 0.3) is 0 Å². The van der Waals surface area contributed by atoms with Gasteiger partial charge in [-0.25, -0.2) is 0 Å². The van der Waals surface area contributed by atoms with Crippen molar-refractivity contribution >= 4 is 56.7 Å². The van der Waals surface area contributed by atoms with Crippen LogP contribution in [0.3, 0.4) is 0 Å². The summed E-state index contributed by atoms with van der Waals surface area (Å²) in [5.74, 6) is 0. The topological polar surface area (TPSA) is 23.1 Å². The molecule has 0 radical (unpaired) electrons. The molecule has 0 amide bonds. The van der Waals surface area contributed by atoms with Gasteiger partial charge in [0.15, 0.2) is 0 Å². The second-order valence-corrected chi connectivity index (χ2v) is 3.81. The normalized spacial score (nSPS) is 6.22. The molecule has 0 aromatic carbocycles. The molecule has 7 heteroatoms. The third-order valence-corrected chi connectivity index (χ3v) is 1.25. The Balaban J connectivity index is -0.000000180. The number of thiocarbonyl (C=S) groups is 2. The van der Waals surface area contributed by atoms with E-state index in [0.717, 1.165) is 11.8 Å². The molecule has 0 aliphatic rings. The van der Waals surface area contributed by atoms with Crippen molar-refractivity contribution in [1.82, 2.24) is 0 Å². The maximum Gasteiger partial charge on any atom is 1.00 e. The Hall–Kier alpha value is 2.55. The molecule has 40 valence electrons. The molecule has 0 N–H and O–H groups in total. The molecule has 0 atom stereocenters. The molecule has 0 heterocycles. The summed E-state index contributed by atoms with van der Waals surface area (Å²) in [5.41, 5.74) is 0.